The molecule has 5 nitrogen and oxygen atoms in total. The van der Waals surface area contributed by atoms with Gasteiger partial charge in [0.25, 0.3) is 6.71 Å². The summed E-state index contributed by atoms with van der Waals surface area (Å²) >= 11 is 0. The highest BCUT2D eigenvalue weighted by Gasteiger charge is 2.45. The fourth-order valence-corrected chi connectivity index (χ4v) is 11.0. The first kappa shape index (κ1) is 40.7. The maximum atomic E-state index is 5.36. The molecule has 1 aromatic heterocycles. The number of rotatable bonds is 7. The van der Waals surface area contributed by atoms with Gasteiger partial charge in [-0.2, -0.15) is 0 Å². The van der Waals surface area contributed by atoms with Crippen LogP contribution in [0.3, 0.4) is 0 Å². The van der Waals surface area contributed by atoms with Crippen molar-refractivity contribution in [1.82, 2.24) is 15.0 Å². The number of fused-ring (bicyclic) bond motifs is 8. The van der Waals surface area contributed by atoms with Gasteiger partial charge < -0.3 is 9.80 Å². The SMILES string of the molecule is c1ccc(-c2ccc(N3c4cc(-c5nc(-c6ccccc6)nc(-c6ccccc6)n5)cc5c4B(c4c3ccc3ccccc43)c3c(ccc4ccccc34)N5c3ccc(-c4ccccc4)cc3)cc2)cc1. The molecule has 6 heteroatoms. The Hall–Kier alpha value is -9.39. The monoisotopic (exact) mass is 903 g/mol. The maximum Gasteiger partial charge on any atom is 0.253 e. The molecule has 0 atom stereocenters. The van der Waals surface area contributed by atoms with Crippen LogP contribution in [0.2, 0.25) is 0 Å². The quantitative estimate of drug-likeness (QED) is 0.149. The minimum absolute atomic E-state index is 0.131. The minimum Gasteiger partial charge on any atom is -0.311 e. The summed E-state index contributed by atoms with van der Waals surface area (Å²) < 4.78 is 0. The Morgan fingerprint density at radius 3 is 1.00 bits per heavy atom. The third-order valence-electron chi connectivity index (χ3n) is 14.3. The van der Waals surface area contributed by atoms with Crippen molar-refractivity contribution in [1.29, 1.82) is 0 Å². The molecule has 0 saturated heterocycles. The summed E-state index contributed by atoms with van der Waals surface area (Å²) in [6.07, 6.45) is 0. The van der Waals surface area contributed by atoms with Crippen molar-refractivity contribution in [3.05, 3.63) is 255 Å². The van der Waals surface area contributed by atoms with E-state index in [0.717, 1.165) is 61.9 Å². The molecule has 0 aliphatic carbocycles. The molecule has 12 aromatic rings. The number of nitrogens with zero attached hydrogens (tertiary/aromatic N) is 5. The lowest BCUT2D eigenvalue weighted by atomic mass is 9.32. The smallest absolute Gasteiger partial charge is 0.253 e. The van der Waals surface area contributed by atoms with Gasteiger partial charge in [-0.15, -0.1) is 0 Å². The molecule has 0 amide bonds. The highest BCUT2D eigenvalue weighted by Crippen LogP contribution is 2.48. The van der Waals surface area contributed by atoms with Crippen molar-refractivity contribution in [3.63, 3.8) is 0 Å². The van der Waals surface area contributed by atoms with Gasteiger partial charge in [0, 0.05) is 50.8 Å². The lowest BCUT2D eigenvalue weighted by Crippen LogP contribution is -2.61. The van der Waals surface area contributed by atoms with E-state index in [2.05, 4.69) is 228 Å². The predicted molar refractivity (Wildman–Crippen MR) is 296 cm³/mol. The first-order valence-electron chi connectivity index (χ1n) is 24.2. The average Bonchev–Trinajstić information content (AvgIpc) is 3.45. The van der Waals surface area contributed by atoms with Crippen molar-refractivity contribution in [2.75, 3.05) is 9.80 Å². The zero-order valence-corrected chi connectivity index (χ0v) is 38.6. The number of aromatic nitrogens is 3. The predicted octanol–water partition coefficient (Wildman–Crippen LogP) is 14.6. The van der Waals surface area contributed by atoms with Crippen LogP contribution >= 0.6 is 0 Å². The van der Waals surface area contributed by atoms with E-state index >= 15 is 0 Å². The van der Waals surface area contributed by atoms with Crippen LogP contribution in [0.15, 0.2) is 255 Å². The summed E-state index contributed by atoms with van der Waals surface area (Å²) in [4.78, 5) is 20.8. The van der Waals surface area contributed by atoms with Gasteiger partial charge in [-0.1, -0.05) is 206 Å². The second kappa shape index (κ2) is 16.7. The van der Waals surface area contributed by atoms with Gasteiger partial charge in [0.1, 0.15) is 0 Å². The fraction of sp³-hybridized carbons (Fsp3) is 0. The van der Waals surface area contributed by atoms with Gasteiger partial charge in [0.2, 0.25) is 0 Å². The van der Waals surface area contributed by atoms with Gasteiger partial charge in [0.05, 0.1) is 0 Å². The van der Waals surface area contributed by atoms with Crippen LogP contribution in [0, 0.1) is 0 Å². The number of benzene rings is 11. The summed E-state index contributed by atoms with van der Waals surface area (Å²) in [5.41, 5.74) is 17.8. The maximum absolute atomic E-state index is 5.36. The fourth-order valence-electron chi connectivity index (χ4n) is 11.0. The topological polar surface area (TPSA) is 45.2 Å². The van der Waals surface area contributed by atoms with Crippen molar-refractivity contribution >= 4 is 78.8 Å². The lowest BCUT2D eigenvalue weighted by molar-refractivity contribution is 1.07. The summed E-state index contributed by atoms with van der Waals surface area (Å²) in [5.74, 6) is 1.84. The van der Waals surface area contributed by atoms with Crippen LogP contribution in [0.5, 0.6) is 0 Å². The first-order valence-corrected chi connectivity index (χ1v) is 24.2. The standard InChI is InChI=1S/C65H42BN5/c1-5-17-43(18-6-1)45-29-35-52(36-30-45)70-56-39-33-47-21-13-15-27-54(47)60(56)66-61-55-28-16-14-22-48(55)34-40-57(61)71(53-37-31-46(32-38-53)44-19-7-2-8-20-44)59-42-51(41-58(70)62(59)66)65-68-63(49-23-9-3-10-24-49)67-64(69-65)50-25-11-4-12-26-50/h1-42H. The van der Waals surface area contributed by atoms with Crippen LogP contribution < -0.4 is 26.2 Å². The molecule has 2 aliphatic heterocycles. The van der Waals surface area contributed by atoms with E-state index < -0.39 is 0 Å². The number of hydrogen-bond acceptors (Lipinski definition) is 5. The van der Waals surface area contributed by atoms with Crippen LogP contribution in [-0.4, -0.2) is 21.7 Å². The molecule has 0 N–H and O–H groups in total. The molecule has 14 rings (SSSR count). The van der Waals surface area contributed by atoms with Gasteiger partial charge in [-0.3, -0.25) is 0 Å². The highest BCUT2D eigenvalue weighted by atomic mass is 15.2. The van der Waals surface area contributed by atoms with E-state index in [-0.39, 0.29) is 6.71 Å². The van der Waals surface area contributed by atoms with E-state index in [1.54, 1.807) is 0 Å². The largest absolute Gasteiger partial charge is 0.311 e. The second-order valence-electron chi connectivity index (χ2n) is 18.3. The molecule has 0 bridgehead atoms. The van der Waals surface area contributed by atoms with Gasteiger partial charge in [-0.25, -0.2) is 15.0 Å². The third kappa shape index (κ3) is 6.83. The van der Waals surface area contributed by atoms with E-state index in [0.29, 0.717) is 17.5 Å². The van der Waals surface area contributed by atoms with Gasteiger partial charge >= 0.3 is 0 Å². The lowest BCUT2D eigenvalue weighted by Gasteiger charge is -2.45. The zero-order chi connectivity index (χ0) is 46.8. The molecule has 2 aliphatic rings. The molecule has 0 fully saturated rings. The first-order chi connectivity index (χ1) is 35.2. The Balaban J connectivity index is 1.10. The third-order valence-corrected chi connectivity index (χ3v) is 14.3. The van der Waals surface area contributed by atoms with Crippen LogP contribution in [0.4, 0.5) is 34.1 Å². The van der Waals surface area contributed by atoms with Crippen LogP contribution in [-0.2, 0) is 0 Å². The Morgan fingerprint density at radius 1 is 0.254 bits per heavy atom. The van der Waals surface area contributed by atoms with Gasteiger partial charge in [-0.05, 0) is 109 Å². The number of hydrogen-bond donors (Lipinski definition) is 0. The van der Waals surface area contributed by atoms with Crippen molar-refractivity contribution in [2.45, 2.75) is 0 Å². The molecule has 0 saturated carbocycles. The molecule has 330 valence electrons. The summed E-state index contributed by atoms with van der Waals surface area (Å²) in [5, 5.41) is 4.89. The Kier molecular flexibility index (Phi) is 9.56. The van der Waals surface area contributed by atoms with E-state index in [1.807, 2.05) is 36.4 Å². The molecular weight excluding hydrogens is 862 g/mol. The Labute approximate surface area is 412 Å². The van der Waals surface area contributed by atoms with Crippen molar-refractivity contribution in [2.24, 2.45) is 0 Å². The molecule has 71 heavy (non-hydrogen) atoms. The van der Waals surface area contributed by atoms with Gasteiger partial charge in [0.15, 0.2) is 17.5 Å². The molecule has 3 heterocycles. The van der Waals surface area contributed by atoms with E-state index in [4.69, 9.17) is 15.0 Å². The normalized spacial score (nSPS) is 12.4. The Bertz CT molecular complexity index is 3730. The van der Waals surface area contributed by atoms with Crippen molar-refractivity contribution < 1.29 is 0 Å². The summed E-state index contributed by atoms with van der Waals surface area (Å²) in [6, 6.07) is 91.5. The molecule has 0 spiro atoms. The van der Waals surface area contributed by atoms with E-state index in [1.165, 1.54) is 49.1 Å². The molecule has 0 radical (unpaired) electrons. The van der Waals surface area contributed by atoms with E-state index in [9.17, 15) is 0 Å². The number of anilines is 6. The highest BCUT2D eigenvalue weighted by molar-refractivity contribution is 7.03. The Morgan fingerprint density at radius 2 is 0.592 bits per heavy atom. The van der Waals surface area contributed by atoms with Crippen LogP contribution in [0.1, 0.15) is 0 Å². The average molecular weight is 904 g/mol. The molecule has 0 unspecified atom stereocenters. The second-order valence-corrected chi connectivity index (χ2v) is 18.3. The molecular formula is C65H42BN5. The molecule has 11 aromatic carbocycles. The summed E-state index contributed by atoms with van der Waals surface area (Å²) in [6.45, 7) is -0.131. The van der Waals surface area contributed by atoms with Crippen molar-refractivity contribution in [3.8, 4) is 56.4 Å². The zero-order valence-electron chi connectivity index (χ0n) is 38.6. The van der Waals surface area contributed by atoms with Crippen LogP contribution in [0.25, 0.3) is 78.0 Å². The summed E-state index contributed by atoms with van der Waals surface area (Å²) in [7, 11) is 0. The minimum atomic E-state index is -0.131.